The minimum Gasteiger partial charge on any atom is -0.322 e. The number of anilines is 1. The first-order valence-electron chi connectivity index (χ1n) is 5.50. The van der Waals surface area contributed by atoms with Crippen LogP contribution in [-0.2, 0) is 0 Å². The number of hydrogen-bond donors (Lipinski definition) is 1. The summed E-state index contributed by atoms with van der Waals surface area (Å²) in [5, 5.41) is 3.30. The second-order valence-corrected chi connectivity index (χ2v) is 5.30. The van der Waals surface area contributed by atoms with E-state index in [1.165, 1.54) is 18.2 Å². The van der Waals surface area contributed by atoms with Gasteiger partial charge >= 0.3 is 0 Å². The number of nitrogens with one attached hydrogen (secondary N) is 1. The highest BCUT2D eigenvalue weighted by atomic mass is 79.9. The molecule has 0 saturated carbocycles. The first-order valence-corrected chi connectivity index (χ1v) is 6.67. The molecule has 19 heavy (non-hydrogen) atoms. The SMILES string of the molecule is Cc1cc(F)ccc1C(=O)Nc1ccc(Cl)c(Br)c1. The number of aryl methyl sites for hydroxylation is 1. The minimum absolute atomic E-state index is 0.285. The van der Waals surface area contributed by atoms with Gasteiger partial charge in [0, 0.05) is 15.7 Å². The molecule has 98 valence electrons. The third-order valence-corrected chi connectivity index (χ3v) is 3.82. The lowest BCUT2D eigenvalue weighted by Gasteiger charge is -2.08. The van der Waals surface area contributed by atoms with E-state index in [4.69, 9.17) is 11.6 Å². The van der Waals surface area contributed by atoms with Crippen LogP contribution in [0.3, 0.4) is 0 Å². The standard InChI is InChI=1S/C14H10BrClFNO/c1-8-6-9(17)2-4-11(8)14(19)18-10-3-5-13(16)12(15)7-10/h2-7H,1H3,(H,18,19). The van der Waals surface area contributed by atoms with Crippen molar-refractivity contribution in [3.8, 4) is 0 Å². The van der Waals surface area contributed by atoms with Crippen molar-refractivity contribution in [3.63, 3.8) is 0 Å². The molecule has 0 atom stereocenters. The van der Waals surface area contributed by atoms with Gasteiger partial charge in [-0.3, -0.25) is 4.79 Å². The summed E-state index contributed by atoms with van der Waals surface area (Å²) in [4.78, 5) is 12.1. The predicted molar refractivity (Wildman–Crippen MR) is 78.2 cm³/mol. The van der Waals surface area contributed by atoms with Crippen LogP contribution in [0.15, 0.2) is 40.9 Å². The van der Waals surface area contributed by atoms with Crippen molar-refractivity contribution in [3.05, 3.63) is 62.8 Å². The smallest absolute Gasteiger partial charge is 0.255 e. The largest absolute Gasteiger partial charge is 0.322 e. The molecule has 1 amide bonds. The molecule has 5 heteroatoms. The van der Waals surface area contributed by atoms with E-state index in [2.05, 4.69) is 21.2 Å². The Morgan fingerprint density at radius 1 is 1.26 bits per heavy atom. The molecule has 0 fully saturated rings. The lowest BCUT2D eigenvalue weighted by molar-refractivity contribution is 0.102. The zero-order chi connectivity index (χ0) is 14.0. The molecule has 0 aromatic heterocycles. The average molecular weight is 343 g/mol. The van der Waals surface area contributed by atoms with E-state index < -0.39 is 0 Å². The van der Waals surface area contributed by atoms with Crippen LogP contribution in [-0.4, -0.2) is 5.91 Å². The topological polar surface area (TPSA) is 29.1 Å². The van der Waals surface area contributed by atoms with Crippen molar-refractivity contribution in [2.24, 2.45) is 0 Å². The Kier molecular flexibility index (Phi) is 4.22. The summed E-state index contributed by atoms with van der Waals surface area (Å²) >= 11 is 9.16. The number of halogens is 3. The number of carbonyl (C=O) groups excluding carboxylic acids is 1. The van der Waals surface area contributed by atoms with Gasteiger partial charge in [0.2, 0.25) is 0 Å². The van der Waals surface area contributed by atoms with E-state index in [1.807, 2.05) is 0 Å². The lowest BCUT2D eigenvalue weighted by atomic mass is 10.1. The summed E-state index contributed by atoms with van der Waals surface area (Å²) in [7, 11) is 0. The lowest BCUT2D eigenvalue weighted by Crippen LogP contribution is -2.13. The summed E-state index contributed by atoms with van der Waals surface area (Å²) in [5.74, 6) is -0.644. The normalized spacial score (nSPS) is 10.3. The molecule has 0 aliphatic rings. The maximum Gasteiger partial charge on any atom is 0.255 e. The molecule has 2 nitrogen and oxygen atoms in total. The van der Waals surface area contributed by atoms with E-state index in [9.17, 15) is 9.18 Å². The monoisotopic (exact) mass is 341 g/mol. The number of rotatable bonds is 2. The minimum atomic E-state index is -0.358. The number of benzene rings is 2. The van der Waals surface area contributed by atoms with Gasteiger partial charge in [-0.25, -0.2) is 4.39 Å². The molecule has 1 N–H and O–H groups in total. The summed E-state index contributed by atoms with van der Waals surface area (Å²) < 4.78 is 13.7. The second-order valence-electron chi connectivity index (χ2n) is 4.04. The third kappa shape index (κ3) is 3.33. The first kappa shape index (κ1) is 14.0. The van der Waals surface area contributed by atoms with E-state index in [0.29, 0.717) is 26.3 Å². The molecule has 0 unspecified atom stereocenters. The summed E-state index contributed by atoms with van der Waals surface area (Å²) in [6.07, 6.45) is 0. The van der Waals surface area contributed by atoms with Crippen LogP contribution in [0.4, 0.5) is 10.1 Å². The highest BCUT2D eigenvalue weighted by Gasteiger charge is 2.10. The van der Waals surface area contributed by atoms with Crippen LogP contribution in [0.25, 0.3) is 0 Å². The Labute approximate surface area is 123 Å². The van der Waals surface area contributed by atoms with Crippen LogP contribution in [0.1, 0.15) is 15.9 Å². The van der Waals surface area contributed by atoms with Crippen molar-refractivity contribution in [1.29, 1.82) is 0 Å². The molecule has 0 heterocycles. The fourth-order valence-electron chi connectivity index (χ4n) is 1.65. The Morgan fingerprint density at radius 3 is 2.63 bits per heavy atom. The molecule has 2 rings (SSSR count). The number of hydrogen-bond acceptors (Lipinski definition) is 1. The van der Waals surface area contributed by atoms with Gasteiger partial charge in [0.15, 0.2) is 0 Å². The van der Waals surface area contributed by atoms with Gasteiger partial charge in [-0.1, -0.05) is 11.6 Å². The third-order valence-electron chi connectivity index (χ3n) is 2.61. The summed E-state index contributed by atoms with van der Waals surface area (Å²) in [5.41, 5.74) is 1.64. The Hall–Kier alpha value is -1.39. The molecule has 0 saturated heterocycles. The molecular weight excluding hydrogens is 333 g/mol. The van der Waals surface area contributed by atoms with Crippen molar-refractivity contribution in [2.45, 2.75) is 6.92 Å². The van der Waals surface area contributed by atoms with Gasteiger partial charge in [0.05, 0.1) is 5.02 Å². The first-order chi connectivity index (χ1) is 8.97. The number of amides is 1. The van der Waals surface area contributed by atoms with Gasteiger partial charge in [-0.15, -0.1) is 0 Å². The number of carbonyl (C=O) groups is 1. The molecule has 0 aliphatic carbocycles. The highest BCUT2D eigenvalue weighted by molar-refractivity contribution is 9.10. The Balaban J connectivity index is 2.23. The van der Waals surface area contributed by atoms with Crippen LogP contribution < -0.4 is 5.32 Å². The fourth-order valence-corrected chi connectivity index (χ4v) is 2.15. The van der Waals surface area contributed by atoms with Crippen LogP contribution in [0.5, 0.6) is 0 Å². The Morgan fingerprint density at radius 2 is 2.00 bits per heavy atom. The molecule has 0 bridgehead atoms. The molecular formula is C14H10BrClFNO. The maximum absolute atomic E-state index is 13.0. The fraction of sp³-hybridized carbons (Fsp3) is 0.0714. The van der Waals surface area contributed by atoms with Gasteiger partial charge in [0.1, 0.15) is 5.82 Å². The van der Waals surface area contributed by atoms with Crippen molar-refractivity contribution in [1.82, 2.24) is 0 Å². The molecule has 2 aromatic rings. The van der Waals surface area contributed by atoms with Crippen molar-refractivity contribution >= 4 is 39.1 Å². The van der Waals surface area contributed by atoms with Gasteiger partial charge in [-0.2, -0.15) is 0 Å². The van der Waals surface area contributed by atoms with Crippen LogP contribution >= 0.6 is 27.5 Å². The van der Waals surface area contributed by atoms with E-state index in [-0.39, 0.29) is 11.7 Å². The molecule has 0 radical (unpaired) electrons. The van der Waals surface area contributed by atoms with Gasteiger partial charge in [0.25, 0.3) is 5.91 Å². The molecule has 0 aliphatic heterocycles. The molecule has 0 spiro atoms. The average Bonchev–Trinajstić information content (AvgIpc) is 2.33. The maximum atomic E-state index is 13.0. The predicted octanol–water partition coefficient (Wildman–Crippen LogP) is 4.80. The Bertz CT molecular complexity index is 645. The zero-order valence-electron chi connectivity index (χ0n) is 10.0. The van der Waals surface area contributed by atoms with Crippen molar-refractivity contribution in [2.75, 3.05) is 5.32 Å². The van der Waals surface area contributed by atoms with Crippen molar-refractivity contribution < 1.29 is 9.18 Å². The quantitative estimate of drug-likeness (QED) is 0.834. The van der Waals surface area contributed by atoms with E-state index in [1.54, 1.807) is 25.1 Å². The second kappa shape index (κ2) is 5.72. The zero-order valence-corrected chi connectivity index (χ0v) is 12.3. The van der Waals surface area contributed by atoms with Crippen LogP contribution in [0, 0.1) is 12.7 Å². The van der Waals surface area contributed by atoms with Crippen LogP contribution in [0.2, 0.25) is 5.02 Å². The van der Waals surface area contributed by atoms with E-state index >= 15 is 0 Å². The van der Waals surface area contributed by atoms with Gasteiger partial charge < -0.3 is 5.32 Å². The highest BCUT2D eigenvalue weighted by Crippen LogP contribution is 2.26. The summed E-state index contributed by atoms with van der Waals surface area (Å²) in [6.45, 7) is 1.69. The van der Waals surface area contributed by atoms with E-state index in [0.717, 1.165) is 0 Å². The van der Waals surface area contributed by atoms with Gasteiger partial charge in [-0.05, 0) is 64.8 Å². The summed E-state index contributed by atoms with van der Waals surface area (Å²) in [6, 6.07) is 9.14. The molecule has 2 aromatic carbocycles.